The van der Waals surface area contributed by atoms with Crippen LogP contribution in [0.4, 0.5) is 0 Å². The van der Waals surface area contributed by atoms with E-state index in [1.54, 1.807) is 0 Å². The molecule has 8 aliphatic rings. The maximum atomic E-state index is 5.11. The summed E-state index contributed by atoms with van der Waals surface area (Å²) >= 11 is 0. The number of pyridine rings is 12. The zero-order chi connectivity index (χ0) is 90.7. The Kier molecular flexibility index (Phi) is 14.9. The van der Waals surface area contributed by atoms with Gasteiger partial charge in [-0.1, -0.05) is 182 Å². The zero-order valence-electron chi connectivity index (χ0n) is 75.1. The van der Waals surface area contributed by atoms with E-state index in [0.29, 0.717) is 0 Å². The fourth-order valence-electron chi connectivity index (χ4n) is 26.2. The number of aromatic nitrogens is 16. The van der Waals surface area contributed by atoms with Gasteiger partial charge in [-0.05, 0) is 308 Å². The molecule has 0 atom stereocenters. The van der Waals surface area contributed by atoms with Crippen molar-refractivity contribution in [2.24, 2.45) is 0 Å². The maximum Gasteiger partial charge on any atom is 0.146 e. The average molecular weight is 1790 g/mol. The molecular weight excluding hydrogens is 1710 g/mol. The molecule has 0 bridgehead atoms. The minimum Gasteiger partial charge on any atom is -0.290 e. The predicted octanol–water partition coefficient (Wildman–Crippen LogP) is 26.9. The quantitative estimate of drug-likeness (QED) is 0.132. The maximum absolute atomic E-state index is 5.11. The molecule has 28 aromatic rings. The van der Waals surface area contributed by atoms with E-state index in [9.17, 15) is 0 Å². The van der Waals surface area contributed by atoms with Gasteiger partial charge in [0.1, 0.15) is 44.7 Å². The monoisotopic (exact) mass is 1780 g/mol. The summed E-state index contributed by atoms with van der Waals surface area (Å²) < 4.78 is 9.07. The molecule has 16 heterocycles. The van der Waals surface area contributed by atoms with E-state index in [4.69, 9.17) is 39.9 Å². The molecule has 0 saturated carbocycles. The van der Waals surface area contributed by atoms with Crippen molar-refractivity contribution in [3.05, 3.63) is 430 Å². The van der Waals surface area contributed by atoms with E-state index in [-0.39, 0.29) is 0 Å². The molecule has 0 N–H and O–H groups in total. The fourth-order valence-corrected chi connectivity index (χ4v) is 26.2. The molecule has 0 aliphatic heterocycles. The molecule has 0 saturated heterocycles. The van der Waals surface area contributed by atoms with Crippen LogP contribution in [0.3, 0.4) is 0 Å². The van der Waals surface area contributed by atoms with Gasteiger partial charge >= 0.3 is 0 Å². The lowest BCUT2D eigenvalue weighted by Crippen LogP contribution is -1.96. The lowest BCUT2D eigenvalue weighted by atomic mass is 9.94. The number of benzene rings is 12. The minimum atomic E-state index is 0.910. The Bertz CT molecular complexity index is 10600. The van der Waals surface area contributed by atoms with Crippen LogP contribution in [-0.2, 0) is 51.4 Å². The van der Waals surface area contributed by atoms with Crippen LogP contribution in [0.15, 0.2) is 341 Å². The fraction of sp³-hybridized carbons (Fsp3) is 0.0645. The Labute approximate surface area is 796 Å². The number of fused-ring (bicyclic) bond motifs is 63. The van der Waals surface area contributed by atoms with Crippen molar-refractivity contribution in [3.8, 4) is 89.0 Å². The number of imidazole rings is 4. The van der Waals surface area contributed by atoms with Crippen LogP contribution >= 0.6 is 0 Å². The first-order valence-electron chi connectivity index (χ1n) is 48.2. The van der Waals surface area contributed by atoms with Gasteiger partial charge < -0.3 is 0 Å². The van der Waals surface area contributed by atoms with Crippen LogP contribution in [0, 0.1) is 0 Å². The lowest BCUT2D eigenvalue weighted by molar-refractivity contribution is 1.17. The summed E-state index contributed by atoms with van der Waals surface area (Å²) in [5.74, 6) is 0. The smallest absolute Gasteiger partial charge is 0.146 e. The van der Waals surface area contributed by atoms with Gasteiger partial charge in [0.05, 0.1) is 91.0 Å². The standard InChI is InChI=1S/4C31H18N4/c1-2-5-19-17(4-1)14-23-20(19)8-7-18-15-24-21(28(18)23)9-10-22-29(24)31-34-25-16-32-13-11-26(25)35(31)27-6-3-12-33-30(22)27;1-2-5-19-17(4-1)14-18-7-8-20-21-9-10-22-29(24(21)15-23(20)28(18)19)31-34-25-16-32-13-11-26(25)35(31)27-6-3-12-33-30(22)27;1-2-5-18-17(4-1)14-23-19(18)7-8-20-21-9-10-22-29(25(21)15-24(20)23)31-34-26-16-32-13-11-27(26)35(31)28-6-3-12-33-30(22)28;1-2-5-20-17(4-1)12-18-13-24-19(14-23(18)20)15-25-21(24)7-8-22-29(25)31-34-26-16-32-11-9-27(26)35(31)28-6-3-10-33-30(22)28/h3*1-13,16H,14-15H2;1-11,13-14,16H,12,15H2. The molecule has 140 heavy (non-hydrogen) atoms. The third-order valence-electron chi connectivity index (χ3n) is 31.9. The second kappa shape index (κ2) is 27.7. The highest BCUT2D eigenvalue weighted by Crippen LogP contribution is 2.56. The Balaban J connectivity index is 0.0000000829. The van der Waals surface area contributed by atoms with Crippen LogP contribution in [0.25, 0.3) is 243 Å². The van der Waals surface area contributed by atoms with Crippen LogP contribution in [0.5, 0.6) is 0 Å². The summed E-state index contributed by atoms with van der Waals surface area (Å²) in [4.78, 5) is 57.2. The van der Waals surface area contributed by atoms with Gasteiger partial charge in [-0.2, -0.15) is 0 Å². The second-order valence-corrected chi connectivity index (χ2v) is 38.7. The summed E-state index contributed by atoms with van der Waals surface area (Å²) in [6.45, 7) is 0. The van der Waals surface area contributed by atoms with Crippen LogP contribution < -0.4 is 0 Å². The van der Waals surface area contributed by atoms with Crippen molar-refractivity contribution >= 4 is 154 Å². The van der Waals surface area contributed by atoms with Crippen molar-refractivity contribution in [1.82, 2.24) is 77.4 Å². The van der Waals surface area contributed by atoms with Crippen molar-refractivity contribution in [2.75, 3.05) is 0 Å². The van der Waals surface area contributed by atoms with Crippen LogP contribution in [-0.4, -0.2) is 77.4 Å². The summed E-state index contributed by atoms with van der Waals surface area (Å²) in [5, 5.41) is 9.52. The molecule has 0 radical (unpaired) electrons. The molecule has 0 fully saturated rings. The first-order chi connectivity index (χ1) is 69.4. The van der Waals surface area contributed by atoms with Crippen LogP contribution in [0.2, 0.25) is 0 Å². The highest BCUT2D eigenvalue weighted by atomic mass is 15.1. The van der Waals surface area contributed by atoms with Crippen molar-refractivity contribution < 1.29 is 0 Å². The van der Waals surface area contributed by atoms with Gasteiger partial charge in [0.2, 0.25) is 0 Å². The van der Waals surface area contributed by atoms with Gasteiger partial charge in [-0.15, -0.1) is 0 Å². The summed E-state index contributed by atoms with van der Waals surface area (Å²) in [7, 11) is 0. The van der Waals surface area contributed by atoms with E-state index < -0.39 is 0 Å². The van der Waals surface area contributed by atoms with Crippen molar-refractivity contribution in [2.45, 2.75) is 51.4 Å². The first-order valence-corrected chi connectivity index (χ1v) is 48.2. The highest BCUT2D eigenvalue weighted by Gasteiger charge is 2.37. The Morgan fingerprint density at radius 3 is 0.921 bits per heavy atom. The second-order valence-electron chi connectivity index (χ2n) is 38.7. The Morgan fingerprint density at radius 1 is 0.179 bits per heavy atom. The third-order valence-corrected chi connectivity index (χ3v) is 31.9. The highest BCUT2D eigenvalue weighted by molar-refractivity contribution is 6.21. The number of nitrogens with zero attached hydrogens (tertiary/aromatic N) is 16. The molecule has 0 amide bonds. The van der Waals surface area contributed by atoms with E-state index >= 15 is 0 Å². The van der Waals surface area contributed by atoms with Gasteiger partial charge in [-0.25, -0.2) is 19.9 Å². The Morgan fingerprint density at radius 2 is 0.457 bits per heavy atom. The van der Waals surface area contributed by atoms with Crippen molar-refractivity contribution in [3.63, 3.8) is 0 Å². The molecule has 16 nitrogen and oxygen atoms in total. The molecule has 0 unspecified atom stereocenters. The van der Waals surface area contributed by atoms with Gasteiger partial charge in [0.25, 0.3) is 0 Å². The van der Waals surface area contributed by atoms with Gasteiger partial charge in [0.15, 0.2) is 0 Å². The minimum absolute atomic E-state index is 0.910. The Hall–Kier alpha value is -18.3. The largest absolute Gasteiger partial charge is 0.290 e. The molecule has 8 aliphatic carbocycles. The van der Waals surface area contributed by atoms with Gasteiger partial charge in [-0.3, -0.25) is 57.5 Å². The predicted molar refractivity (Wildman–Crippen MR) is 559 cm³/mol. The number of rotatable bonds is 0. The van der Waals surface area contributed by atoms with E-state index in [2.05, 4.69) is 274 Å². The molecule has 36 rings (SSSR count). The molecule has 648 valence electrons. The number of hydrogen-bond acceptors (Lipinski definition) is 12. The summed E-state index contributed by atoms with van der Waals surface area (Å²) in [6.07, 6.45) is 30.1. The molecular formula is C124H72N16. The molecule has 0 spiro atoms. The van der Waals surface area contributed by atoms with E-state index in [1.165, 1.54) is 221 Å². The average Bonchev–Trinajstić information content (AvgIpc) is 1.55. The summed E-state index contributed by atoms with van der Waals surface area (Å²) in [6, 6.07) is 97.2. The molecule has 12 aromatic carbocycles. The van der Waals surface area contributed by atoms with E-state index in [0.717, 1.165) is 162 Å². The normalized spacial score (nSPS) is 13.5. The summed E-state index contributed by atoms with van der Waals surface area (Å²) in [5.41, 5.74) is 65.0. The lowest BCUT2D eigenvalue weighted by Gasteiger charge is -2.12. The SMILES string of the molecule is c1ccc2c(c1)Cc1c-2ccc2c1-c1ccc3c4ncccc4n4c5ccncc5nc4c3c1C2.c1ccc2c(c1)Cc1c-2ccc2c1Cc1c-2ccc2c3ncccc3n3c4ccncc4nc3c12.c1ccc2c(c1)Cc1cc3c(cc1-2)Cc1c-3ccc2c3ncccc3n3c4ccncc4nc3c12.c1ccc2c(c1)Cc1ccc3c(c1-2)Cc1c-3ccc2c3ncccc3n3c4ccncc4nc3c12. The van der Waals surface area contributed by atoms with Gasteiger partial charge in [0, 0.05) is 99.1 Å². The topological polar surface area (TPSA) is 172 Å². The first kappa shape index (κ1) is 75.1. The molecule has 16 aromatic heterocycles. The van der Waals surface area contributed by atoms with Crippen LogP contribution in [0.1, 0.15) is 89.0 Å². The third kappa shape index (κ3) is 10.1. The van der Waals surface area contributed by atoms with Crippen molar-refractivity contribution in [1.29, 1.82) is 0 Å². The van der Waals surface area contributed by atoms with E-state index in [1.807, 2.05) is 105 Å². The zero-order valence-corrected chi connectivity index (χ0v) is 75.1. The molecule has 16 heteroatoms. The number of hydrogen-bond donors (Lipinski definition) is 0.